The summed E-state index contributed by atoms with van der Waals surface area (Å²) >= 11 is 0. The lowest BCUT2D eigenvalue weighted by Gasteiger charge is -2.26. The number of carbonyl (C=O) groups excluding carboxylic acids is 1. The van der Waals surface area contributed by atoms with Crippen molar-refractivity contribution >= 4 is 5.78 Å². The van der Waals surface area contributed by atoms with Gasteiger partial charge in [-0.05, 0) is 32.4 Å². The molecule has 2 rings (SSSR count). The minimum atomic E-state index is 0.108. The third kappa shape index (κ3) is 3.90. The highest BCUT2D eigenvalue weighted by atomic mass is 16.1. The Morgan fingerprint density at radius 1 is 1.16 bits per heavy atom. The van der Waals surface area contributed by atoms with Gasteiger partial charge in [0.25, 0.3) is 0 Å². The van der Waals surface area contributed by atoms with Crippen molar-refractivity contribution in [3.8, 4) is 0 Å². The van der Waals surface area contributed by atoms with E-state index in [9.17, 15) is 4.79 Å². The van der Waals surface area contributed by atoms with E-state index < -0.39 is 0 Å². The zero-order valence-corrected chi connectivity index (χ0v) is 12.0. The van der Waals surface area contributed by atoms with Gasteiger partial charge in [-0.1, -0.05) is 56.5 Å². The van der Waals surface area contributed by atoms with Gasteiger partial charge in [-0.2, -0.15) is 0 Å². The number of hydrogen-bond acceptors (Lipinski definition) is 2. The Balaban J connectivity index is 2.05. The topological polar surface area (TPSA) is 20.3 Å². The van der Waals surface area contributed by atoms with E-state index in [-0.39, 0.29) is 6.04 Å². The normalized spacial score (nSPS) is 17.5. The highest BCUT2D eigenvalue weighted by molar-refractivity contribution is 6.00. The maximum absolute atomic E-state index is 12.7. The second kappa shape index (κ2) is 7.44. The van der Waals surface area contributed by atoms with Gasteiger partial charge in [-0.15, -0.1) is 0 Å². The lowest BCUT2D eigenvalue weighted by molar-refractivity contribution is 0.0835. The monoisotopic (exact) mass is 259 g/mol. The molecule has 0 radical (unpaired) electrons. The number of carbonyl (C=O) groups is 1. The molecule has 1 aromatic rings. The van der Waals surface area contributed by atoms with Crippen molar-refractivity contribution in [3.05, 3.63) is 35.9 Å². The van der Waals surface area contributed by atoms with Crippen LogP contribution >= 0.6 is 0 Å². The Bertz CT molecular complexity index is 382. The molecule has 0 bridgehead atoms. The predicted octanol–water partition coefficient (Wildman–Crippen LogP) is 3.91. The Hall–Kier alpha value is -1.15. The van der Waals surface area contributed by atoms with Crippen LogP contribution < -0.4 is 0 Å². The van der Waals surface area contributed by atoms with Crippen LogP contribution in [0, 0.1) is 0 Å². The standard InChI is InChI=1S/C17H25NO/c1-2-3-5-12-16(18-13-8-9-14-18)17(19)15-10-6-4-7-11-15/h4,6-7,10-11,16H,2-3,5,8-9,12-14H2,1H3/t16-/m0/s1. The van der Waals surface area contributed by atoms with Crippen molar-refractivity contribution in [1.29, 1.82) is 0 Å². The molecule has 1 saturated heterocycles. The number of nitrogens with zero attached hydrogens (tertiary/aromatic N) is 1. The number of likely N-dealkylation sites (tertiary alicyclic amines) is 1. The van der Waals surface area contributed by atoms with E-state index in [1.807, 2.05) is 30.3 Å². The number of hydrogen-bond donors (Lipinski definition) is 0. The van der Waals surface area contributed by atoms with E-state index in [0.29, 0.717) is 5.78 Å². The van der Waals surface area contributed by atoms with Crippen LogP contribution in [0.1, 0.15) is 55.8 Å². The first-order valence-corrected chi connectivity index (χ1v) is 7.66. The van der Waals surface area contributed by atoms with Gasteiger partial charge in [-0.3, -0.25) is 9.69 Å². The van der Waals surface area contributed by atoms with Crippen molar-refractivity contribution in [2.24, 2.45) is 0 Å². The molecule has 2 nitrogen and oxygen atoms in total. The van der Waals surface area contributed by atoms with E-state index in [1.165, 1.54) is 25.7 Å². The van der Waals surface area contributed by atoms with E-state index in [1.54, 1.807) is 0 Å². The Labute approximate surface area is 116 Å². The van der Waals surface area contributed by atoms with Crippen molar-refractivity contribution < 1.29 is 4.79 Å². The van der Waals surface area contributed by atoms with Crippen molar-refractivity contribution in [1.82, 2.24) is 4.90 Å². The summed E-state index contributed by atoms with van der Waals surface area (Å²) in [4.78, 5) is 15.1. The summed E-state index contributed by atoms with van der Waals surface area (Å²) in [5, 5.41) is 0. The summed E-state index contributed by atoms with van der Waals surface area (Å²) in [5.41, 5.74) is 0.871. The molecule has 0 N–H and O–H groups in total. The summed E-state index contributed by atoms with van der Waals surface area (Å²) in [6, 6.07) is 9.90. The van der Waals surface area contributed by atoms with Crippen LogP contribution in [0.25, 0.3) is 0 Å². The molecule has 19 heavy (non-hydrogen) atoms. The molecule has 1 atom stereocenters. The average Bonchev–Trinajstić information content (AvgIpc) is 2.98. The van der Waals surface area contributed by atoms with Gasteiger partial charge in [0, 0.05) is 5.56 Å². The van der Waals surface area contributed by atoms with Crippen LogP contribution in [0.15, 0.2) is 30.3 Å². The molecule has 0 amide bonds. The highest BCUT2D eigenvalue weighted by Crippen LogP contribution is 2.20. The third-order valence-electron chi connectivity index (χ3n) is 4.02. The van der Waals surface area contributed by atoms with Gasteiger partial charge in [0.2, 0.25) is 0 Å². The molecular weight excluding hydrogens is 234 g/mol. The summed E-state index contributed by atoms with van der Waals surface area (Å²) < 4.78 is 0. The van der Waals surface area contributed by atoms with Crippen LogP contribution in [0.3, 0.4) is 0 Å². The van der Waals surface area contributed by atoms with Crippen LogP contribution in [0.4, 0.5) is 0 Å². The fourth-order valence-corrected chi connectivity index (χ4v) is 2.92. The van der Waals surface area contributed by atoms with E-state index in [2.05, 4.69) is 11.8 Å². The first-order chi connectivity index (χ1) is 9.33. The van der Waals surface area contributed by atoms with Crippen LogP contribution in [0.5, 0.6) is 0 Å². The molecule has 104 valence electrons. The quantitative estimate of drug-likeness (QED) is 0.546. The summed E-state index contributed by atoms with van der Waals surface area (Å²) in [6.45, 7) is 4.40. The zero-order chi connectivity index (χ0) is 13.5. The number of rotatable bonds is 7. The van der Waals surface area contributed by atoms with Crippen molar-refractivity contribution in [2.45, 2.75) is 51.5 Å². The van der Waals surface area contributed by atoms with Crippen LogP contribution in [-0.4, -0.2) is 29.8 Å². The van der Waals surface area contributed by atoms with Crippen molar-refractivity contribution in [2.75, 3.05) is 13.1 Å². The molecule has 0 spiro atoms. The minimum absolute atomic E-state index is 0.108. The SMILES string of the molecule is CCCCC[C@@H](C(=O)c1ccccc1)N1CCCC1. The van der Waals surface area contributed by atoms with E-state index in [4.69, 9.17) is 0 Å². The molecule has 0 aliphatic carbocycles. The molecule has 1 heterocycles. The lowest BCUT2D eigenvalue weighted by atomic mass is 9.98. The van der Waals surface area contributed by atoms with Crippen LogP contribution in [-0.2, 0) is 0 Å². The van der Waals surface area contributed by atoms with E-state index in [0.717, 1.165) is 31.5 Å². The molecule has 1 fully saturated rings. The fraction of sp³-hybridized carbons (Fsp3) is 0.588. The number of Topliss-reactive ketones (excluding diaryl/α,β-unsaturated/α-hetero) is 1. The number of benzene rings is 1. The largest absolute Gasteiger partial charge is 0.293 e. The molecule has 1 aromatic carbocycles. The van der Waals surface area contributed by atoms with E-state index >= 15 is 0 Å². The summed E-state index contributed by atoms with van der Waals surface area (Å²) in [7, 11) is 0. The van der Waals surface area contributed by atoms with Gasteiger partial charge < -0.3 is 0 Å². The second-order valence-corrected chi connectivity index (χ2v) is 5.48. The Kier molecular flexibility index (Phi) is 5.59. The Morgan fingerprint density at radius 2 is 1.84 bits per heavy atom. The fourth-order valence-electron chi connectivity index (χ4n) is 2.92. The maximum Gasteiger partial charge on any atom is 0.179 e. The van der Waals surface area contributed by atoms with Gasteiger partial charge in [0.15, 0.2) is 5.78 Å². The lowest BCUT2D eigenvalue weighted by Crippen LogP contribution is -2.39. The molecule has 0 saturated carbocycles. The maximum atomic E-state index is 12.7. The first-order valence-electron chi connectivity index (χ1n) is 7.66. The third-order valence-corrected chi connectivity index (χ3v) is 4.02. The van der Waals surface area contributed by atoms with Gasteiger partial charge in [-0.25, -0.2) is 0 Å². The Morgan fingerprint density at radius 3 is 2.47 bits per heavy atom. The molecule has 1 aliphatic heterocycles. The van der Waals surface area contributed by atoms with Gasteiger partial charge in [0.05, 0.1) is 6.04 Å². The summed E-state index contributed by atoms with van der Waals surface area (Å²) in [6.07, 6.45) is 7.11. The first kappa shape index (κ1) is 14.3. The molecule has 2 heteroatoms. The number of ketones is 1. The zero-order valence-electron chi connectivity index (χ0n) is 12.0. The average molecular weight is 259 g/mol. The predicted molar refractivity (Wildman–Crippen MR) is 79.5 cm³/mol. The number of unbranched alkanes of at least 4 members (excludes halogenated alkanes) is 2. The van der Waals surface area contributed by atoms with Crippen LogP contribution in [0.2, 0.25) is 0 Å². The molecule has 1 aliphatic rings. The van der Waals surface area contributed by atoms with Crippen molar-refractivity contribution in [3.63, 3.8) is 0 Å². The summed E-state index contributed by atoms with van der Waals surface area (Å²) in [5.74, 6) is 0.318. The molecule has 0 aromatic heterocycles. The van der Waals surface area contributed by atoms with Gasteiger partial charge >= 0.3 is 0 Å². The second-order valence-electron chi connectivity index (χ2n) is 5.48. The molecule has 0 unspecified atom stereocenters. The van der Waals surface area contributed by atoms with Gasteiger partial charge in [0.1, 0.15) is 0 Å². The minimum Gasteiger partial charge on any atom is -0.293 e. The molecular formula is C17H25NO. The highest BCUT2D eigenvalue weighted by Gasteiger charge is 2.28. The smallest absolute Gasteiger partial charge is 0.179 e.